The summed E-state index contributed by atoms with van der Waals surface area (Å²) in [7, 11) is 1.71. The van der Waals surface area contributed by atoms with E-state index in [-0.39, 0.29) is 5.69 Å². The van der Waals surface area contributed by atoms with Gasteiger partial charge in [0.2, 0.25) is 5.91 Å². The fraction of sp³-hybridized carbons (Fsp3) is 0.176. The molecule has 0 spiro atoms. The molecule has 9 nitrogen and oxygen atoms in total. The number of rotatable bonds is 4. The maximum absolute atomic E-state index is 12.7. The maximum atomic E-state index is 12.7. The molecule has 9 heteroatoms. The number of nitrogens with zero attached hydrogens (tertiary/aromatic N) is 3. The molecule has 0 aliphatic carbocycles. The number of aromatic nitrogens is 4. The molecule has 0 unspecified atom stereocenters. The van der Waals surface area contributed by atoms with Crippen LogP contribution in [0.1, 0.15) is 5.69 Å². The van der Waals surface area contributed by atoms with Crippen molar-refractivity contribution in [1.82, 2.24) is 19.1 Å². The third-order valence-electron chi connectivity index (χ3n) is 4.01. The zero-order valence-corrected chi connectivity index (χ0v) is 14.2. The van der Waals surface area contributed by atoms with E-state index < -0.39 is 29.1 Å². The van der Waals surface area contributed by atoms with Crippen molar-refractivity contribution in [1.29, 1.82) is 0 Å². The van der Waals surface area contributed by atoms with E-state index in [4.69, 9.17) is 0 Å². The van der Waals surface area contributed by atoms with Crippen LogP contribution in [0.15, 0.2) is 56.8 Å². The van der Waals surface area contributed by atoms with Gasteiger partial charge in [0.25, 0.3) is 16.7 Å². The van der Waals surface area contributed by atoms with Crippen molar-refractivity contribution >= 4 is 11.6 Å². The highest BCUT2D eigenvalue weighted by Gasteiger charge is 2.18. The van der Waals surface area contributed by atoms with Crippen molar-refractivity contribution in [2.45, 2.75) is 13.5 Å². The Kier molecular flexibility index (Phi) is 4.44. The number of carbonyl (C=O) groups is 1. The average Bonchev–Trinajstić information content (AvgIpc) is 2.82. The van der Waals surface area contributed by atoms with Gasteiger partial charge < -0.3 is 5.32 Å². The molecule has 0 bridgehead atoms. The number of para-hydroxylation sites is 1. The van der Waals surface area contributed by atoms with E-state index in [9.17, 15) is 19.2 Å². The number of nitrogens with one attached hydrogen (secondary N) is 2. The van der Waals surface area contributed by atoms with Crippen molar-refractivity contribution in [3.05, 3.63) is 79.2 Å². The number of aromatic amines is 1. The Morgan fingerprint density at radius 1 is 1.08 bits per heavy atom. The molecule has 26 heavy (non-hydrogen) atoms. The number of hydrogen-bond donors (Lipinski definition) is 2. The Balaban J connectivity index is 1.92. The second kappa shape index (κ2) is 6.71. The van der Waals surface area contributed by atoms with Gasteiger partial charge in [-0.3, -0.25) is 29.0 Å². The molecule has 2 aromatic heterocycles. The fourth-order valence-electron chi connectivity index (χ4n) is 2.61. The molecule has 2 N–H and O–H groups in total. The third kappa shape index (κ3) is 3.14. The van der Waals surface area contributed by atoms with Gasteiger partial charge in [-0.2, -0.15) is 0 Å². The Morgan fingerprint density at radius 2 is 1.77 bits per heavy atom. The van der Waals surface area contributed by atoms with Crippen molar-refractivity contribution in [2.75, 3.05) is 5.32 Å². The standard InChI is InChI=1S/C17H17N5O4/c1-11-16(17(26)22(20(11)2)12-6-4-3-5-7-12)18-14(24)10-21-15(25)9-8-13(23)19-21/h3-9H,10H2,1-2H3,(H,18,24)(H,19,23). The summed E-state index contributed by atoms with van der Waals surface area (Å²) in [6.45, 7) is 1.29. The van der Waals surface area contributed by atoms with Crippen molar-refractivity contribution in [2.24, 2.45) is 7.05 Å². The largest absolute Gasteiger partial charge is 0.318 e. The van der Waals surface area contributed by atoms with Crippen LogP contribution in [0.4, 0.5) is 5.69 Å². The van der Waals surface area contributed by atoms with E-state index in [1.54, 1.807) is 42.9 Å². The number of hydrogen-bond acceptors (Lipinski definition) is 4. The van der Waals surface area contributed by atoms with Crippen LogP contribution in [0.2, 0.25) is 0 Å². The van der Waals surface area contributed by atoms with Gasteiger partial charge in [-0.1, -0.05) is 18.2 Å². The van der Waals surface area contributed by atoms with Crippen LogP contribution in [-0.2, 0) is 18.4 Å². The molecule has 0 fully saturated rings. The molecule has 0 saturated heterocycles. The topological polar surface area (TPSA) is 111 Å². The van der Waals surface area contributed by atoms with Crippen LogP contribution in [0, 0.1) is 6.92 Å². The molecule has 3 rings (SSSR count). The lowest BCUT2D eigenvalue weighted by Gasteiger charge is -2.07. The second-order valence-corrected chi connectivity index (χ2v) is 5.72. The summed E-state index contributed by atoms with van der Waals surface area (Å²) in [5, 5.41) is 4.79. The van der Waals surface area contributed by atoms with Crippen LogP contribution >= 0.6 is 0 Å². The highest BCUT2D eigenvalue weighted by Crippen LogP contribution is 2.13. The van der Waals surface area contributed by atoms with E-state index in [0.29, 0.717) is 11.4 Å². The van der Waals surface area contributed by atoms with Crippen LogP contribution in [0.25, 0.3) is 5.69 Å². The van der Waals surface area contributed by atoms with E-state index in [1.807, 2.05) is 6.07 Å². The van der Waals surface area contributed by atoms with Gasteiger partial charge in [0.05, 0.1) is 11.4 Å². The second-order valence-electron chi connectivity index (χ2n) is 5.72. The molecule has 1 aromatic carbocycles. The molecule has 0 aliphatic heterocycles. The summed E-state index contributed by atoms with van der Waals surface area (Å²) >= 11 is 0. The zero-order valence-electron chi connectivity index (χ0n) is 14.2. The van der Waals surface area contributed by atoms with Crippen molar-refractivity contribution in [3.8, 4) is 5.69 Å². The van der Waals surface area contributed by atoms with Crippen LogP contribution in [0.5, 0.6) is 0 Å². The van der Waals surface area contributed by atoms with Gasteiger partial charge in [0, 0.05) is 19.2 Å². The summed E-state index contributed by atoms with van der Waals surface area (Å²) < 4.78 is 3.94. The minimum absolute atomic E-state index is 0.118. The lowest BCUT2D eigenvalue weighted by atomic mass is 10.3. The minimum Gasteiger partial charge on any atom is -0.318 e. The summed E-state index contributed by atoms with van der Waals surface area (Å²) in [5.74, 6) is -0.597. The SMILES string of the molecule is Cc1c(NC(=O)Cn2[nH]c(=O)ccc2=O)c(=O)n(-c2ccccc2)n1C. The van der Waals surface area contributed by atoms with E-state index in [2.05, 4.69) is 10.4 Å². The highest BCUT2D eigenvalue weighted by atomic mass is 16.2. The number of carbonyl (C=O) groups excluding carboxylic acids is 1. The Labute approximate surface area is 147 Å². The molecule has 0 saturated carbocycles. The third-order valence-corrected chi connectivity index (χ3v) is 4.01. The smallest absolute Gasteiger partial charge is 0.295 e. The summed E-state index contributed by atoms with van der Waals surface area (Å²) in [6.07, 6.45) is 0. The van der Waals surface area contributed by atoms with Crippen LogP contribution < -0.4 is 22.0 Å². The molecule has 2 heterocycles. The van der Waals surface area contributed by atoms with Gasteiger partial charge in [-0.25, -0.2) is 9.36 Å². The van der Waals surface area contributed by atoms with Gasteiger partial charge in [0.15, 0.2) is 0 Å². The van der Waals surface area contributed by atoms with Gasteiger partial charge in [0.1, 0.15) is 12.2 Å². The van der Waals surface area contributed by atoms with Gasteiger partial charge >= 0.3 is 0 Å². The van der Waals surface area contributed by atoms with E-state index in [0.717, 1.165) is 16.8 Å². The molecular formula is C17H17N5O4. The first-order chi connectivity index (χ1) is 12.4. The minimum atomic E-state index is -0.597. The molecule has 0 aliphatic rings. The first-order valence-electron chi connectivity index (χ1n) is 7.82. The number of H-pyrrole nitrogens is 1. The monoisotopic (exact) mass is 355 g/mol. The quantitative estimate of drug-likeness (QED) is 0.685. The molecule has 3 aromatic rings. The molecule has 1 amide bonds. The van der Waals surface area contributed by atoms with Gasteiger partial charge in [-0.15, -0.1) is 0 Å². The first-order valence-corrected chi connectivity index (χ1v) is 7.82. The highest BCUT2D eigenvalue weighted by molar-refractivity contribution is 5.90. The predicted octanol–water partition coefficient (Wildman–Crippen LogP) is -0.0269. The maximum Gasteiger partial charge on any atom is 0.295 e. The first kappa shape index (κ1) is 17.2. The van der Waals surface area contributed by atoms with Crippen molar-refractivity contribution < 1.29 is 4.79 Å². The molecule has 0 atom stereocenters. The van der Waals surface area contributed by atoms with Crippen molar-refractivity contribution in [3.63, 3.8) is 0 Å². The average molecular weight is 355 g/mol. The normalized spacial score (nSPS) is 10.7. The molecule has 134 valence electrons. The lowest BCUT2D eigenvalue weighted by molar-refractivity contribution is -0.117. The van der Waals surface area contributed by atoms with E-state index >= 15 is 0 Å². The van der Waals surface area contributed by atoms with E-state index in [1.165, 1.54) is 4.68 Å². The lowest BCUT2D eigenvalue weighted by Crippen LogP contribution is -2.33. The van der Waals surface area contributed by atoms with Crippen LogP contribution in [-0.4, -0.2) is 25.1 Å². The number of amides is 1. The summed E-state index contributed by atoms with van der Waals surface area (Å²) in [4.78, 5) is 47.9. The Morgan fingerprint density at radius 3 is 2.46 bits per heavy atom. The Bertz CT molecular complexity index is 1130. The zero-order chi connectivity index (χ0) is 18.8. The number of anilines is 1. The Hall–Kier alpha value is -3.62. The predicted molar refractivity (Wildman–Crippen MR) is 95.7 cm³/mol. The van der Waals surface area contributed by atoms with Crippen LogP contribution in [0.3, 0.4) is 0 Å². The molecule has 0 radical (unpaired) electrons. The summed E-state index contributed by atoms with van der Waals surface area (Å²) in [5.41, 5.74) is -0.0783. The fourth-order valence-corrected chi connectivity index (χ4v) is 2.61. The number of benzene rings is 1. The summed E-state index contributed by atoms with van der Waals surface area (Å²) in [6, 6.07) is 11.2. The van der Waals surface area contributed by atoms with Gasteiger partial charge in [-0.05, 0) is 19.1 Å². The molecular weight excluding hydrogens is 338 g/mol.